The molecule has 2 unspecified atom stereocenters. The van der Waals surface area contributed by atoms with E-state index in [1.807, 2.05) is 43.1 Å². The largest absolute Gasteiger partial charge is 0.315 e. The van der Waals surface area contributed by atoms with E-state index in [0.29, 0.717) is 10.6 Å². The maximum atomic E-state index is 12.7. The number of carbonyl (C=O) groups excluding carboxylic acids is 1. The van der Waals surface area contributed by atoms with Gasteiger partial charge in [-0.2, -0.15) is 5.26 Å². The smallest absolute Gasteiger partial charge is 0.239 e. The lowest BCUT2D eigenvalue weighted by molar-refractivity contribution is -0.117. The molecule has 3 rings (SSSR count). The summed E-state index contributed by atoms with van der Waals surface area (Å²) in [5, 5.41) is 13.3. The van der Waals surface area contributed by atoms with Crippen molar-refractivity contribution >= 4 is 33.0 Å². The Kier molecular flexibility index (Phi) is 7.23. The number of thiophene rings is 1. The minimum atomic E-state index is -0.998. The van der Waals surface area contributed by atoms with Crippen LogP contribution in [0.3, 0.4) is 0 Å². The first-order valence-corrected chi connectivity index (χ1v) is 12.3. The van der Waals surface area contributed by atoms with Crippen LogP contribution in [-0.2, 0) is 28.4 Å². The van der Waals surface area contributed by atoms with Crippen molar-refractivity contribution in [3.8, 4) is 6.07 Å². The molecule has 7 heteroatoms. The number of hydrogen-bond acceptors (Lipinski definition) is 5. The Morgan fingerprint density at radius 3 is 2.62 bits per heavy atom. The standard InChI is InChI=1S/C22H27N3O2S2/c1-15(16-9-11-17(12-10-16)29(3)27)25(2)14-21(26)24-22-19(13-23)18-7-5-4-6-8-20(18)28-22/h9-12,15H,4-8,14H2,1-3H3,(H,24,26). The number of likely N-dealkylation sites (N-methyl/N-ethyl adjacent to an activating group) is 1. The number of nitriles is 1. The molecule has 0 saturated carbocycles. The second-order valence-electron chi connectivity index (χ2n) is 7.54. The highest BCUT2D eigenvalue weighted by Crippen LogP contribution is 2.37. The maximum Gasteiger partial charge on any atom is 0.239 e. The van der Waals surface area contributed by atoms with Gasteiger partial charge in [-0.3, -0.25) is 13.9 Å². The zero-order valence-corrected chi connectivity index (χ0v) is 18.8. The highest BCUT2D eigenvalue weighted by atomic mass is 32.2. The lowest BCUT2D eigenvalue weighted by atomic mass is 10.1. The van der Waals surface area contributed by atoms with Gasteiger partial charge in [0, 0.05) is 32.9 Å². The monoisotopic (exact) mass is 429 g/mol. The van der Waals surface area contributed by atoms with Gasteiger partial charge in [-0.15, -0.1) is 11.3 Å². The molecule has 29 heavy (non-hydrogen) atoms. The molecule has 2 aromatic rings. The van der Waals surface area contributed by atoms with Crippen LogP contribution in [0.2, 0.25) is 0 Å². The van der Waals surface area contributed by atoms with Crippen LogP contribution in [-0.4, -0.2) is 34.9 Å². The van der Waals surface area contributed by atoms with E-state index in [1.165, 1.54) is 11.3 Å². The molecule has 1 aliphatic rings. The molecule has 0 radical (unpaired) electrons. The van der Waals surface area contributed by atoms with E-state index in [0.717, 1.165) is 41.7 Å². The Labute approximate surface area is 179 Å². The van der Waals surface area contributed by atoms with Gasteiger partial charge in [-0.25, -0.2) is 0 Å². The van der Waals surface area contributed by atoms with Crippen molar-refractivity contribution in [2.24, 2.45) is 0 Å². The third-order valence-corrected chi connectivity index (χ3v) is 7.68. The maximum absolute atomic E-state index is 12.7. The average molecular weight is 430 g/mol. The van der Waals surface area contributed by atoms with Crippen molar-refractivity contribution in [1.82, 2.24) is 4.90 Å². The number of aryl methyl sites for hydroxylation is 1. The summed E-state index contributed by atoms with van der Waals surface area (Å²) in [5.74, 6) is -0.112. The number of rotatable bonds is 6. The van der Waals surface area contributed by atoms with E-state index in [1.54, 1.807) is 17.6 Å². The summed E-state index contributed by atoms with van der Waals surface area (Å²) in [5.41, 5.74) is 2.86. The van der Waals surface area contributed by atoms with E-state index >= 15 is 0 Å². The minimum Gasteiger partial charge on any atom is -0.315 e. The molecule has 154 valence electrons. The molecule has 1 aromatic heterocycles. The van der Waals surface area contributed by atoms with Crippen LogP contribution >= 0.6 is 11.3 Å². The van der Waals surface area contributed by atoms with E-state index in [2.05, 4.69) is 11.4 Å². The van der Waals surface area contributed by atoms with Gasteiger partial charge in [0.2, 0.25) is 5.91 Å². The molecule has 0 spiro atoms. The number of nitrogens with zero attached hydrogens (tertiary/aromatic N) is 2. The predicted molar refractivity (Wildman–Crippen MR) is 119 cm³/mol. The zero-order chi connectivity index (χ0) is 21.0. The van der Waals surface area contributed by atoms with Crippen molar-refractivity contribution in [1.29, 1.82) is 5.26 Å². The normalized spacial score (nSPS) is 15.8. The molecular weight excluding hydrogens is 402 g/mol. The Bertz CT molecular complexity index is 944. The average Bonchev–Trinajstić information content (AvgIpc) is 2.86. The minimum absolute atomic E-state index is 0.0376. The molecule has 1 aromatic carbocycles. The summed E-state index contributed by atoms with van der Waals surface area (Å²) in [6.45, 7) is 2.27. The third kappa shape index (κ3) is 5.13. The number of carbonyl (C=O) groups is 1. The first-order chi connectivity index (χ1) is 13.9. The number of nitrogens with one attached hydrogen (secondary N) is 1. The molecule has 5 nitrogen and oxygen atoms in total. The topological polar surface area (TPSA) is 73.2 Å². The first-order valence-electron chi connectivity index (χ1n) is 9.88. The molecule has 0 fully saturated rings. The van der Waals surface area contributed by atoms with Crippen LogP contribution in [0.5, 0.6) is 0 Å². The zero-order valence-electron chi connectivity index (χ0n) is 17.2. The fourth-order valence-corrected chi connectivity index (χ4v) is 5.45. The van der Waals surface area contributed by atoms with Crippen molar-refractivity contribution in [3.63, 3.8) is 0 Å². The first kappa shape index (κ1) is 21.7. The lowest BCUT2D eigenvalue weighted by Crippen LogP contribution is -2.32. The molecule has 1 heterocycles. The number of anilines is 1. The van der Waals surface area contributed by atoms with Gasteiger partial charge in [-0.1, -0.05) is 18.6 Å². The molecule has 1 aliphatic carbocycles. The van der Waals surface area contributed by atoms with Crippen LogP contribution in [0.25, 0.3) is 0 Å². The van der Waals surface area contributed by atoms with E-state index in [-0.39, 0.29) is 18.5 Å². The predicted octanol–water partition coefficient (Wildman–Crippen LogP) is 4.26. The molecule has 1 N–H and O–H groups in total. The Morgan fingerprint density at radius 2 is 1.97 bits per heavy atom. The van der Waals surface area contributed by atoms with Crippen LogP contribution in [0.4, 0.5) is 5.00 Å². The second kappa shape index (κ2) is 9.66. The molecule has 2 atom stereocenters. The van der Waals surface area contributed by atoms with Crippen molar-refractivity contribution in [3.05, 3.63) is 45.8 Å². The van der Waals surface area contributed by atoms with Gasteiger partial charge in [0.15, 0.2) is 0 Å². The summed E-state index contributed by atoms with van der Waals surface area (Å²) in [6.07, 6.45) is 7.05. The highest BCUT2D eigenvalue weighted by molar-refractivity contribution is 7.84. The number of fused-ring (bicyclic) bond motifs is 1. The van der Waals surface area contributed by atoms with E-state index < -0.39 is 10.8 Å². The van der Waals surface area contributed by atoms with Gasteiger partial charge in [0.1, 0.15) is 11.1 Å². The van der Waals surface area contributed by atoms with Crippen LogP contribution in [0, 0.1) is 11.3 Å². The van der Waals surface area contributed by atoms with Crippen molar-refractivity contribution in [2.75, 3.05) is 25.2 Å². The van der Waals surface area contributed by atoms with Gasteiger partial charge in [0.25, 0.3) is 0 Å². The van der Waals surface area contributed by atoms with E-state index in [9.17, 15) is 14.3 Å². The van der Waals surface area contributed by atoms with Crippen LogP contribution in [0.15, 0.2) is 29.2 Å². The Balaban J connectivity index is 1.66. The molecule has 1 amide bonds. The highest BCUT2D eigenvalue weighted by Gasteiger charge is 2.22. The summed E-state index contributed by atoms with van der Waals surface area (Å²) in [6, 6.07) is 10.0. The SMILES string of the molecule is CC(c1ccc(S(C)=O)cc1)N(C)CC(=O)Nc1sc2c(c1C#N)CCCCC2. The summed E-state index contributed by atoms with van der Waals surface area (Å²) >= 11 is 1.56. The fraction of sp³-hybridized carbons (Fsp3) is 0.455. The summed E-state index contributed by atoms with van der Waals surface area (Å²) in [4.78, 5) is 16.7. The van der Waals surface area contributed by atoms with Gasteiger partial charge >= 0.3 is 0 Å². The van der Waals surface area contributed by atoms with Crippen LogP contribution < -0.4 is 5.32 Å². The molecule has 0 saturated heterocycles. The van der Waals surface area contributed by atoms with Crippen molar-refractivity contribution in [2.45, 2.75) is 50.0 Å². The summed E-state index contributed by atoms with van der Waals surface area (Å²) in [7, 11) is 0.910. The van der Waals surface area contributed by atoms with Crippen LogP contribution in [0.1, 0.15) is 53.8 Å². The molecule has 0 bridgehead atoms. The fourth-order valence-electron chi connectivity index (χ4n) is 3.67. The summed E-state index contributed by atoms with van der Waals surface area (Å²) < 4.78 is 11.5. The lowest BCUT2D eigenvalue weighted by Gasteiger charge is -2.24. The number of amides is 1. The Morgan fingerprint density at radius 1 is 1.28 bits per heavy atom. The third-order valence-electron chi connectivity index (χ3n) is 5.53. The number of hydrogen-bond donors (Lipinski definition) is 1. The van der Waals surface area contributed by atoms with Crippen molar-refractivity contribution < 1.29 is 9.00 Å². The van der Waals surface area contributed by atoms with Gasteiger partial charge in [0.05, 0.1) is 12.1 Å². The molecular formula is C22H27N3O2S2. The quantitative estimate of drug-likeness (QED) is 0.697. The second-order valence-corrected chi connectivity index (χ2v) is 10.0. The number of benzene rings is 1. The Hall–Kier alpha value is -2.01. The van der Waals surface area contributed by atoms with Gasteiger partial charge in [-0.05, 0) is 62.9 Å². The van der Waals surface area contributed by atoms with Gasteiger partial charge < -0.3 is 5.32 Å². The van der Waals surface area contributed by atoms with E-state index in [4.69, 9.17) is 0 Å². The molecule has 0 aliphatic heterocycles.